The number of hydrogen-bond acceptors (Lipinski definition) is 2. The molecule has 3 nitrogen and oxygen atoms in total. The lowest BCUT2D eigenvalue weighted by atomic mass is 10.1. The summed E-state index contributed by atoms with van der Waals surface area (Å²) < 4.78 is 39.5. The lowest BCUT2D eigenvalue weighted by Crippen LogP contribution is -2.15. The quantitative estimate of drug-likeness (QED) is 0.516. The third kappa shape index (κ3) is 3.90. The van der Waals surface area contributed by atoms with Gasteiger partial charge in [-0.15, -0.1) is 0 Å². The minimum Gasteiger partial charge on any atom is -0.319 e. The van der Waals surface area contributed by atoms with Crippen molar-refractivity contribution in [2.75, 3.05) is 5.32 Å². The molecule has 0 radical (unpaired) electrons. The molecule has 2 aromatic carbocycles. The highest BCUT2D eigenvalue weighted by atomic mass is 35.5. The molecule has 1 N–H and O–H groups in total. The molecule has 0 spiro atoms. The maximum atomic E-state index is 13.5. The number of hydrogen-bond donors (Lipinski definition) is 1. The van der Waals surface area contributed by atoms with E-state index in [1.807, 2.05) is 5.32 Å². The van der Waals surface area contributed by atoms with Crippen molar-refractivity contribution in [2.45, 2.75) is 0 Å². The van der Waals surface area contributed by atoms with Gasteiger partial charge in [0, 0.05) is 5.02 Å². The maximum absolute atomic E-state index is 13.5. The second kappa shape index (κ2) is 6.99. The highest BCUT2D eigenvalue weighted by molar-refractivity contribution is 6.30. The Morgan fingerprint density at radius 1 is 1.09 bits per heavy atom. The van der Waals surface area contributed by atoms with Crippen LogP contribution in [0, 0.1) is 28.8 Å². The molecule has 23 heavy (non-hydrogen) atoms. The molecule has 0 aromatic heterocycles. The summed E-state index contributed by atoms with van der Waals surface area (Å²) in [5, 5.41) is 11.5. The lowest BCUT2D eigenvalue weighted by molar-refractivity contribution is -0.112. The second-order valence-electron chi connectivity index (χ2n) is 4.40. The van der Waals surface area contributed by atoms with Crippen molar-refractivity contribution in [3.8, 4) is 6.07 Å². The Balaban J connectivity index is 2.26. The number of anilines is 1. The van der Waals surface area contributed by atoms with Crippen molar-refractivity contribution >= 4 is 29.3 Å². The Kier molecular flexibility index (Phi) is 5.04. The van der Waals surface area contributed by atoms with Crippen LogP contribution in [0.25, 0.3) is 6.08 Å². The molecule has 2 aromatic rings. The van der Waals surface area contributed by atoms with Gasteiger partial charge in [0.15, 0.2) is 17.5 Å². The largest absolute Gasteiger partial charge is 0.319 e. The van der Waals surface area contributed by atoms with E-state index in [1.54, 1.807) is 30.3 Å². The number of carbonyl (C=O) groups is 1. The Morgan fingerprint density at radius 2 is 1.74 bits per heavy atom. The molecular weight excluding hydrogens is 329 g/mol. The van der Waals surface area contributed by atoms with Crippen LogP contribution in [0.3, 0.4) is 0 Å². The summed E-state index contributed by atoms with van der Waals surface area (Å²) in [6.07, 6.45) is 1.25. The average molecular weight is 337 g/mol. The predicted molar refractivity (Wildman–Crippen MR) is 80.0 cm³/mol. The fraction of sp³-hybridized carbons (Fsp3) is 0. The standard InChI is InChI=1S/C16H8ClF3N2O/c17-11-3-1-9(2-4-11)7-10(8-21)16(23)22-13-6-5-12(18)14(19)15(13)20/h1-7H,(H,22,23)/b10-7+. The Hall–Kier alpha value is -2.78. The molecule has 0 saturated heterocycles. The third-order valence-electron chi connectivity index (χ3n) is 2.83. The number of nitrogens with one attached hydrogen (secondary N) is 1. The van der Waals surface area contributed by atoms with Crippen molar-refractivity contribution < 1.29 is 18.0 Å². The van der Waals surface area contributed by atoms with Gasteiger partial charge in [0.05, 0.1) is 5.69 Å². The van der Waals surface area contributed by atoms with E-state index in [0.717, 1.165) is 6.07 Å². The summed E-state index contributed by atoms with van der Waals surface area (Å²) in [5.74, 6) is -5.57. The van der Waals surface area contributed by atoms with Crippen molar-refractivity contribution in [3.05, 3.63) is 70.0 Å². The lowest BCUT2D eigenvalue weighted by Gasteiger charge is -2.06. The first-order valence-corrected chi connectivity index (χ1v) is 6.62. The van der Waals surface area contributed by atoms with Crippen molar-refractivity contribution in [1.29, 1.82) is 5.26 Å². The van der Waals surface area contributed by atoms with E-state index in [2.05, 4.69) is 0 Å². The summed E-state index contributed by atoms with van der Waals surface area (Å²) >= 11 is 5.72. The summed E-state index contributed by atoms with van der Waals surface area (Å²) in [5.41, 5.74) is -0.380. The summed E-state index contributed by atoms with van der Waals surface area (Å²) in [6, 6.07) is 9.47. The van der Waals surface area contributed by atoms with Crippen LogP contribution < -0.4 is 5.32 Å². The average Bonchev–Trinajstić information content (AvgIpc) is 2.54. The number of carbonyl (C=O) groups excluding carboxylic acids is 1. The topological polar surface area (TPSA) is 52.9 Å². The van der Waals surface area contributed by atoms with E-state index in [9.17, 15) is 18.0 Å². The zero-order valence-electron chi connectivity index (χ0n) is 11.4. The van der Waals surface area contributed by atoms with Crippen molar-refractivity contribution in [2.24, 2.45) is 0 Å². The van der Waals surface area contributed by atoms with Gasteiger partial charge in [0.25, 0.3) is 5.91 Å². The molecule has 0 aliphatic carbocycles. The molecule has 0 saturated carbocycles. The maximum Gasteiger partial charge on any atom is 0.266 e. The second-order valence-corrected chi connectivity index (χ2v) is 4.83. The van der Waals surface area contributed by atoms with Crippen molar-refractivity contribution in [1.82, 2.24) is 0 Å². The molecule has 0 fully saturated rings. The molecule has 0 aliphatic heterocycles. The number of nitrogens with zero attached hydrogens (tertiary/aromatic N) is 1. The van der Waals surface area contributed by atoms with Gasteiger partial charge < -0.3 is 5.32 Å². The van der Waals surface area contributed by atoms with Gasteiger partial charge in [-0.25, -0.2) is 13.2 Å². The third-order valence-corrected chi connectivity index (χ3v) is 3.08. The van der Waals surface area contributed by atoms with E-state index in [4.69, 9.17) is 16.9 Å². The normalized spacial score (nSPS) is 11.0. The van der Waals surface area contributed by atoms with Crippen LogP contribution in [0.1, 0.15) is 5.56 Å². The first-order chi connectivity index (χ1) is 10.9. The molecule has 0 heterocycles. The van der Waals surface area contributed by atoms with Crippen LogP contribution in [-0.2, 0) is 4.79 Å². The molecule has 0 unspecified atom stereocenters. The van der Waals surface area contributed by atoms with Crippen molar-refractivity contribution in [3.63, 3.8) is 0 Å². The molecule has 116 valence electrons. The molecule has 0 aliphatic rings. The summed E-state index contributed by atoms with van der Waals surface area (Å²) in [4.78, 5) is 12.0. The summed E-state index contributed by atoms with van der Waals surface area (Å²) in [6.45, 7) is 0. The van der Waals surface area contributed by atoms with Crippen LogP contribution >= 0.6 is 11.6 Å². The molecule has 0 bridgehead atoms. The summed E-state index contributed by atoms with van der Waals surface area (Å²) in [7, 11) is 0. The van der Waals surface area contributed by atoms with Gasteiger partial charge in [-0.05, 0) is 35.9 Å². The van der Waals surface area contributed by atoms with Crippen LogP contribution in [0.4, 0.5) is 18.9 Å². The molecule has 2 rings (SSSR count). The highest BCUT2D eigenvalue weighted by Gasteiger charge is 2.17. The molecule has 0 atom stereocenters. The van der Waals surface area contributed by atoms with Gasteiger partial charge in [-0.1, -0.05) is 23.7 Å². The SMILES string of the molecule is N#C/C(=C\c1ccc(Cl)cc1)C(=O)Nc1ccc(F)c(F)c1F. The minimum absolute atomic E-state index is 0.337. The Labute approximate surface area is 134 Å². The number of nitriles is 1. The van der Waals surface area contributed by atoms with E-state index >= 15 is 0 Å². The zero-order chi connectivity index (χ0) is 17.0. The van der Waals surface area contributed by atoms with E-state index in [-0.39, 0.29) is 5.57 Å². The zero-order valence-corrected chi connectivity index (χ0v) is 12.2. The first kappa shape index (κ1) is 16.6. The van der Waals surface area contributed by atoms with Gasteiger partial charge in [0.1, 0.15) is 11.6 Å². The number of amides is 1. The van der Waals surface area contributed by atoms with Gasteiger partial charge in [0.2, 0.25) is 0 Å². The Bertz CT molecular complexity index is 826. The first-order valence-electron chi connectivity index (χ1n) is 6.24. The van der Waals surface area contributed by atoms with Gasteiger partial charge in [-0.3, -0.25) is 4.79 Å². The molecule has 1 amide bonds. The fourth-order valence-corrected chi connectivity index (χ4v) is 1.81. The highest BCUT2D eigenvalue weighted by Crippen LogP contribution is 2.20. The smallest absolute Gasteiger partial charge is 0.266 e. The number of halogens is 4. The number of rotatable bonds is 3. The Morgan fingerprint density at radius 3 is 2.35 bits per heavy atom. The van der Waals surface area contributed by atoms with Crippen LogP contribution in [0.15, 0.2) is 42.0 Å². The van der Waals surface area contributed by atoms with E-state index in [1.165, 1.54) is 6.08 Å². The molecule has 7 heteroatoms. The van der Waals surface area contributed by atoms with Crippen LogP contribution in [-0.4, -0.2) is 5.91 Å². The van der Waals surface area contributed by atoms with Gasteiger partial charge >= 0.3 is 0 Å². The minimum atomic E-state index is -1.71. The monoisotopic (exact) mass is 336 g/mol. The van der Waals surface area contributed by atoms with E-state index in [0.29, 0.717) is 16.7 Å². The van der Waals surface area contributed by atoms with Crippen LogP contribution in [0.2, 0.25) is 5.02 Å². The van der Waals surface area contributed by atoms with E-state index < -0.39 is 29.0 Å². The number of benzene rings is 2. The fourth-order valence-electron chi connectivity index (χ4n) is 1.69. The van der Waals surface area contributed by atoms with Crippen LogP contribution in [0.5, 0.6) is 0 Å². The molecular formula is C16H8ClF3N2O. The van der Waals surface area contributed by atoms with Gasteiger partial charge in [-0.2, -0.15) is 5.26 Å². The predicted octanol–water partition coefficient (Wildman–Crippen LogP) is 4.30.